The van der Waals surface area contributed by atoms with Gasteiger partial charge in [0.05, 0.1) is 22.8 Å². The summed E-state index contributed by atoms with van der Waals surface area (Å²) >= 11 is 6.14. The number of rotatable bonds is 3. The Hall–Kier alpha value is -2.71. The van der Waals surface area contributed by atoms with Crippen LogP contribution in [0.25, 0.3) is 11.1 Å². The summed E-state index contributed by atoms with van der Waals surface area (Å²) in [6, 6.07) is 10.5. The van der Waals surface area contributed by atoms with Gasteiger partial charge in [0, 0.05) is 17.5 Å². The number of aryl methyl sites for hydroxylation is 1. The normalized spacial score (nSPS) is 10.6. The number of hydrogen-bond acceptors (Lipinski definition) is 3. The molecule has 1 aromatic carbocycles. The van der Waals surface area contributed by atoms with E-state index in [4.69, 9.17) is 16.9 Å². The van der Waals surface area contributed by atoms with Crippen molar-refractivity contribution in [2.45, 2.75) is 20.4 Å². The van der Waals surface area contributed by atoms with Crippen LogP contribution in [-0.2, 0) is 6.54 Å². The molecule has 0 amide bonds. The largest absolute Gasteiger partial charge is 0.265 e. The van der Waals surface area contributed by atoms with Crippen molar-refractivity contribution in [3.8, 4) is 17.2 Å². The smallest absolute Gasteiger partial charge is 0.213 e. The van der Waals surface area contributed by atoms with E-state index in [0.717, 1.165) is 28.1 Å². The maximum Gasteiger partial charge on any atom is 0.213 e. The summed E-state index contributed by atoms with van der Waals surface area (Å²) in [5.74, 6) is -0.506. The van der Waals surface area contributed by atoms with E-state index < -0.39 is 5.95 Å². The summed E-state index contributed by atoms with van der Waals surface area (Å²) in [4.78, 5) is 3.56. The maximum atomic E-state index is 13.3. The van der Waals surface area contributed by atoms with Gasteiger partial charge < -0.3 is 0 Å². The van der Waals surface area contributed by atoms with Crippen LogP contribution in [0.1, 0.15) is 22.5 Å². The predicted octanol–water partition coefficient (Wildman–Crippen LogP) is 4.27. The third kappa shape index (κ3) is 3.01. The fraction of sp³-hybridized carbons (Fsp3) is 0.167. The van der Waals surface area contributed by atoms with E-state index in [-0.39, 0.29) is 0 Å². The molecule has 0 bridgehead atoms. The minimum Gasteiger partial charge on any atom is -0.265 e. The van der Waals surface area contributed by atoms with Gasteiger partial charge in [0.25, 0.3) is 0 Å². The summed E-state index contributed by atoms with van der Waals surface area (Å²) in [6.45, 7) is 4.33. The second-order valence-electron chi connectivity index (χ2n) is 5.50. The molecule has 0 unspecified atom stereocenters. The van der Waals surface area contributed by atoms with Gasteiger partial charge in [0.2, 0.25) is 5.95 Å². The van der Waals surface area contributed by atoms with Crippen LogP contribution in [0.3, 0.4) is 0 Å². The quantitative estimate of drug-likeness (QED) is 0.669. The van der Waals surface area contributed by atoms with E-state index in [1.165, 1.54) is 12.3 Å². The molecule has 3 rings (SSSR count). The first-order chi connectivity index (χ1) is 11.5. The summed E-state index contributed by atoms with van der Waals surface area (Å²) in [5, 5.41) is 14.0. The van der Waals surface area contributed by atoms with Crippen molar-refractivity contribution in [1.29, 1.82) is 5.26 Å². The summed E-state index contributed by atoms with van der Waals surface area (Å²) < 4.78 is 15.1. The first-order valence-electron chi connectivity index (χ1n) is 7.34. The highest BCUT2D eigenvalue weighted by Crippen LogP contribution is 2.30. The van der Waals surface area contributed by atoms with Crippen LogP contribution in [0.4, 0.5) is 4.39 Å². The molecule has 0 saturated heterocycles. The molecule has 0 aliphatic heterocycles. The zero-order valence-corrected chi connectivity index (χ0v) is 14.0. The van der Waals surface area contributed by atoms with Crippen LogP contribution in [0.5, 0.6) is 0 Å². The Bertz CT molecular complexity index is 956. The van der Waals surface area contributed by atoms with E-state index in [0.29, 0.717) is 17.1 Å². The highest BCUT2D eigenvalue weighted by molar-refractivity contribution is 6.32. The van der Waals surface area contributed by atoms with Crippen molar-refractivity contribution in [2.24, 2.45) is 0 Å². The Morgan fingerprint density at radius 1 is 1.25 bits per heavy atom. The first-order valence-corrected chi connectivity index (χ1v) is 7.72. The Labute approximate surface area is 144 Å². The molecule has 2 heterocycles. The molecule has 0 fully saturated rings. The van der Waals surface area contributed by atoms with Crippen molar-refractivity contribution in [3.63, 3.8) is 0 Å². The van der Waals surface area contributed by atoms with Crippen LogP contribution in [0.15, 0.2) is 36.5 Å². The fourth-order valence-electron chi connectivity index (χ4n) is 2.74. The van der Waals surface area contributed by atoms with E-state index in [1.54, 1.807) is 18.2 Å². The van der Waals surface area contributed by atoms with Gasteiger partial charge >= 0.3 is 0 Å². The lowest BCUT2D eigenvalue weighted by atomic mass is 10.0. The maximum absolute atomic E-state index is 13.3. The van der Waals surface area contributed by atoms with E-state index >= 15 is 0 Å². The van der Waals surface area contributed by atoms with Crippen molar-refractivity contribution in [3.05, 3.63) is 70.0 Å². The van der Waals surface area contributed by atoms with Crippen molar-refractivity contribution < 1.29 is 4.39 Å². The van der Waals surface area contributed by atoms with Gasteiger partial charge in [-0.3, -0.25) is 4.68 Å². The molecule has 0 N–H and O–H groups in total. The lowest BCUT2D eigenvalue weighted by Gasteiger charge is -2.07. The molecule has 24 heavy (non-hydrogen) atoms. The van der Waals surface area contributed by atoms with Crippen LogP contribution >= 0.6 is 11.6 Å². The SMILES string of the molecule is Cc1nn(Cc2ccnc(F)c2)c(C)c1-c1ccc(C#N)c(Cl)c1. The summed E-state index contributed by atoms with van der Waals surface area (Å²) in [7, 11) is 0. The topological polar surface area (TPSA) is 54.5 Å². The van der Waals surface area contributed by atoms with Gasteiger partial charge in [-0.05, 0) is 49.2 Å². The lowest BCUT2D eigenvalue weighted by molar-refractivity contribution is 0.576. The van der Waals surface area contributed by atoms with Crippen LogP contribution in [0.2, 0.25) is 5.02 Å². The molecule has 3 aromatic rings. The molecular weight excluding hydrogens is 327 g/mol. The number of nitriles is 1. The summed E-state index contributed by atoms with van der Waals surface area (Å²) in [5.41, 5.74) is 4.90. The number of nitrogens with zero attached hydrogens (tertiary/aromatic N) is 4. The van der Waals surface area contributed by atoms with Gasteiger partial charge in [-0.15, -0.1) is 0 Å². The van der Waals surface area contributed by atoms with Crippen molar-refractivity contribution in [1.82, 2.24) is 14.8 Å². The average molecular weight is 341 g/mol. The predicted molar refractivity (Wildman–Crippen MR) is 90.2 cm³/mol. The second-order valence-corrected chi connectivity index (χ2v) is 5.90. The zero-order chi connectivity index (χ0) is 17.3. The molecule has 0 spiro atoms. The Kier molecular flexibility index (Phi) is 4.32. The molecule has 0 atom stereocenters. The second kappa shape index (κ2) is 6.42. The summed E-state index contributed by atoms with van der Waals surface area (Å²) in [6.07, 6.45) is 1.44. The number of halogens is 2. The molecule has 120 valence electrons. The average Bonchev–Trinajstić information content (AvgIpc) is 2.81. The third-order valence-electron chi connectivity index (χ3n) is 3.88. The van der Waals surface area contributed by atoms with Crippen molar-refractivity contribution in [2.75, 3.05) is 0 Å². The molecular formula is C18H14ClFN4. The molecule has 6 heteroatoms. The minimum atomic E-state index is -0.506. The van der Waals surface area contributed by atoms with Gasteiger partial charge in [-0.25, -0.2) is 4.98 Å². The lowest BCUT2D eigenvalue weighted by Crippen LogP contribution is -2.04. The monoisotopic (exact) mass is 340 g/mol. The standard InChI is InChI=1S/C18H14ClFN4/c1-11-18(14-3-4-15(9-21)16(19)8-14)12(2)24(23-11)10-13-5-6-22-17(20)7-13/h3-8H,10H2,1-2H3. The molecule has 0 saturated carbocycles. The number of benzene rings is 1. The Balaban J connectivity index is 2.01. The van der Waals surface area contributed by atoms with Gasteiger partial charge in [-0.1, -0.05) is 17.7 Å². The third-order valence-corrected chi connectivity index (χ3v) is 4.20. The Morgan fingerprint density at radius 2 is 2.04 bits per heavy atom. The molecule has 0 aliphatic rings. The molecule has 4 nitrogen and oxygen atoms in total. The van der Waals surface area contributed by atoms with Crippen LogP contribution in [-0.4, -0.2) is 14.8 Å². The van der Waals surface area contributed by atoms with Gasteiger partial charge in [0.1, 0.15) is 6.07 Å². The van der Waals surface area contributed by atoms with Crippen molar-refractivity contribution >= 4 is 11.6 Å². The first kappa shape index (κ1) is 16.2. The van der Waals surface area contributed by atoms with Crippen LogP contribution < -0.4 is 0 Å². The highest BCUT2D eigenvalue weighted by atomic mass is 35.5. The minimum absolute atomic E-state index is 0.415. The van der Waals surface area contributed by atoms with Crippen LogP contribution in [0, 0.1) is 31.1 Å². The molecule has 0 radical (unpaired) electrons. The van der Waals surface area contributed by atoms with E-state index in [2.05, 4.69) is 16.2 Å². The number of hydrogen-bond donors (Lipinski definition) is 0. The molecule has 2 aromatic heterocycles. The number of pyridine rings is 1. The van der Waals surface area contributed by atoms with Gasteiger partial charge in [0.15, 0.2) is 0 Å². The van der Waals surface area contributed by atoms with E-state index in [1.807, 2.05) is 24.6 Å². The highest BCUT2D eigenvalue weighted by Gasteiger charge is 2.15. The zero-order valence-electron chi connectivity index (χ0n) is 13.2. The number of aromatic nitrogens is 3. The van der Waals surface area contributed by atoms with Gasteiger partial charge in [-0.2, -0.15) is 14.8 Å². The van der Waals surface area contributed by atoms with E-state index in [9.17, 15) is 4.39 Å². The fourth-order valence-corrected chi connectivity index (χ4v) is 2.97. The Morgan fingerprint density at radius 3 is 2.71 bits per heavy atom. The molecule has 0 aliphatic carbocycles.